The second-order valence-electron chi connectivity index (χ2n) is 5.80. The maximum Gasteiger partial charge on any atom is 0.115 e. The van der Waals surface area contributed by atoms with E-state index in [4.69, 9.17) is 9.47 Å². The van der Waals surface area contributed by atoms with Crippen LogP contribution >= 0.6 is 0 Å². The van der Waals surface area contributed by atoms with Crippen molar-refractivity contribution in [3.05, 3.63) is 59.2 Å². The lowest BCUT2D eigenvalue weighted by Gasteiger charge is -2.17. The van der Waals surface area contributed by atoms with Gasteiger partial charge in [0, 0.05) is 7.11 Å². The molecule has 1 atom stereocenters. The minimum Gasteiger partial charge on any atom is -0.508 e. The standard InChI is InChI=1S/C20H26O3/c1-4-16(13-17-5-8-18(21)9-6-17)7-10-20-19(11-12-23-20)15(2)14-22-3/h5-6,8-9,11,13,20-21H,2,4,7,10,12,14H2,1,3H3/b16-13+. The van der Waals surface area contributed by atoms with Gasteiger partial charge in [-0.2, -0.15) is 0 Å². The highest BCUT2D eigenvalue weighted by Gasteiger charge is 2.21. The molecule has 23 heavy (non-hydrogen) atoms. The number of phenols is 1. The molecule has 0 aromatic heterocycles. The van der Waals surface area contributed by atoms with Gasteiger partial charge in [-0.15, -0.1) is 0 Å². The summed E-state index contributed by atoms with van der Waals surface area (Å²) in [4.78, 5) is 0. The molecule has 1 aliphatic rings. The largest absolute Gasteiger partial charge is 0.508 e. The first-order chi connectivity index (χ1) is 11.1. The normalized spacial score (nSPS) is 18.1. The van der Waals surface area contributed by atoms with Crippen molar-refractivity contribution < 1.29 is 14.6 Å². The molecule has 3 nitrogen and oxygen atoms in total. The minimum atomic E-state index is 0.118. The molecule has 1 aromatic rings. The monoisotopic (exact) mass is 314 g/mol. The highest BCUT2D eigenvalue weighted by atomic mass is 16.5. The fraction of sp³-hybridized carbons (Fsp3) is 0.400. The lowest BCUT2D eigenvalue weighted by Crippen LogP contribution is -2.13. The minimum absolute atomic E-state index is 0.118. The average Bonchev–Trinajstić information content (AvgIpc) is 3.02. The van der Waals surface area contributed by atoms with Crippen LogP contribution in [0.2, 0.25) is 0 Å². The van der Waals surface area contributed by atoms with Crippen molar-refractivity contribution in [1.82, 2.24) is 0 Å². The molecule has 3 heteroatoms. The Morgan fingerprint density at radius 2 is 2.13 bits per heavy atom. The first-order valence-electron chi connectivity index (χ1n) is 8.11. The fourth-order valence-electron chi connectivity index (χ4n) is 2.82. The Hall–Kier alpha value is -1.84. The molecule has 124 valence electrons. The molecular weight excluding hydrogens is 288 g/mol. The summed E-state index contributed by atoms with van der Waals surface area (Å²) in [6, 6.07) is 7.30. The van der Waals surface area contributed by atoms with E-state index in [1.54, 1.807) is 19.2 Å². The van der Waals surface area contributed by atoms with Crippen LogP contribution in [0, 0.1) is 0 Å². The van der Waals surface area contributed by atoms with Crippen LogP contribution in [0.5, 0.6) is 5.75 Å². The molecule has 1 N–H and O–H groups in total. The number of hydrogen-bond donors (Lipinski definition) is 1. The van der Waals surface area contributed by atoms with Crippen molar-refractivity contribution in [2.75, 3.05) is 20.3 Å². The van der Waals surface area contributed by atoms with Crippen LogP contribution in [-0.2, 0) is 9.47 Å². The first-order valence-corrected chi connectivity index (χ1v) is 8.11. The number of rotatable bonds is 8. The zero-order valence-corrected chi connectivity index (χ0v) is 14.0. The van der Waals surface area contributed by atoms with Crippen molar-refractivity contribution in [1.29, 1.82) is 0 Å². The van der Waals surface area contributed by atoms with Crippen molar-refractivity contribution in [2.24, 2.45) is 0 Å². The summed E-state index contributed by atoms with van der Waals surface area (Å²) in [6.45, 7) is 7.47. The lowest BCUT2D eigenvalue weighted by atomic mass is 9.96. The lowest BCUT2D eigenvalue weighted by molar-refractivity contribution is 0.115. The average molecular weight is 314 g/mol. The van der Waals surface area contributed by atoms with Gasteiger partial charge >= 0.3 is 0 Å². The zero-order chi connectivity index (χ0) is 16.7. The van der Waals surface area contributed by atoms with Crippen LogP contribution in [0.15, 0.2) is 53.6 Å². The van der Waals surface area contributed by atoms with Crippen LogP contribution in [-0.4, -0.2) is 31.5 Å². The molecule has 0 bridgehead atoms. The Morgan fingerprint density at radius 3 is 2.78 bits per heavy atom. The SMILES string of the molecule is C=C(COC)C1=CCOC1CC/C(=C/c1ccc(O)cc1)CC. The predicted molar refractivity (Wildman–Crippen MR) is 94.4 cm³/mol. The van der Waals surface area contributed by atoms with Crippen molar-refractivity contribution in [3.63, 3.8) is 0 Å². The van der Waals surface area contributed by atoms with E-state index in [-0.39, 0.29) is 6.10 Å². The van der Waals surface area contributed by atoms with Crippen LogP contribution in [0.3, 0.4) is 0 Å². The van der Waals surface area contributed by atoms with Crippen LogP contribution in [0.1, 0.15) is 31.7 Å². The number of phenolic OH excluding ortho intramolecular Hbond substituents is 1. The number of allylic oxidation sites excluding steroid dienone is 1. The highest BCUT2D eigenvalue weighted by Crippen LogP contribution is 2.27. The Bertz CT molecular complexity index is 581. The number of benzene rings is 1. The van der Waals surface area contributed by atoms with Gasteiger partial charge in [0.15, 0.2) is 0 Å². The molecule has 1 aromatic carbocycles. The molecular formula is C20H26O3. The highest BCUT2D eigenvalue weighted by molar-refractivity contribution is 5.53. The van der Waals surface area contributed by atoms with Gasteiger partial charge in [0.1, 0.15) is 5.75 Å². The molecule has 0 amide bonds. The number of methoxy groups -OCH3 is 1. The molecule has 2 rings (SSSR count). The molecule has 0 radical (unpaired) electrons. The Balaban J connectivity index is 1.96. The van der Waals surface area contributed by atoms with Crippen molar-refractivity contribution in [2.45, 2.75) is 32.3 Å². The van der Waals surface area contributed by atoms with Gasteiger partial charge in [-0.1, -0.05) is 43.4 Å². The van der Waals surface area contributed by atoms with Gasteiger partial charge in [-0.05, 0) is 48.1 Å². The molecule has 0 saturated carbocycles. The van der Waals surface area contributed by atoms with Crippen LogP contribution in [0.25, 0.3) is 6.08 Å². The van der Waals surface area contributed by atoms with Crippen LogP contribution in [0.4, 0.5) is 0 Å². The smallest absolute Gasteiger partial charge is 0.115 e. The van der Waals surface area contributed by atoms with E-state index >= 15 is 0 Å². The maximum atomic E-state index is 9.36. The van der Waals surface area contributed by atoms with Gasteiger partial charge < -0.3 is 14.6 Å². The van der Waals surface area contributed by atoms with E-state index in [1.165, 1.54) is 11.1 Å². The maximum absolute atomic E-state index is 9.36. The first kappa shape index (κ1) is 17.5. The molecule has 0 saturated heterocycles. The van der Waals surface area contributed by atoms with Gasteiger partial charge in [0.25, 0.3) is 0 Å². The van der Waals surface area contributed by atoms with E-state index < -0.39 is 0 Å². The van der Waals surface area contributed by atoms with Crippen LogP contribution < -0.4 is 0 Å². The quantitative estimate of drug-likeness (QED) is 0.768. The van der Waals surface area contributed by atoms with Gasteiger partial charge in [0.05, 0.1) is 19.3 Å². The Labute approximate surface area is 138 Å². The van der Waals surface area contributed by atoms with E-state index in [0.717, 1.165) is 30.4 Å². The van der Waals surface area contributed by atoms with Gasteiger partial charge in [-0.25, -0.2) is 0 Å². The van der Waals surface area contributed by atoms with E-state index in [0.29, 0.717) is 19.0 Å². The summed E-state index contributed by atoms with van der Waals surface area (Å²) in [5.74, 6) is 0.297. The summed E-state index contributed by atoms with van der Waals surface area (Å²) in [7, 11) is 1.69. The van der Waals surface area contributed by atoms with E-state index in [2.05, 4.69) is 25.7 Å². The summed E-state index contributed by atoms with van der Waals surface area (Å²) >= 11 is 0. The predicted octanol–water partition coefficient (Wildman–Crippen LogP) is 4.49. The zero-order valence-electron chi connectivity index (χ0n) is 14.0. The third-order valence-corrected chi connectivity index (χ3v) is 4.12. The molecule has 0 fully saturated rings. The Kier molecular flexibility index (Phi) is 6.63. The number of ether oxygens (including phenoxy) is 2. The van der Waals surface area contributed by atoms with Crippen molar-refractivity contribution >= 4 is 6.08 Å². The summed E-state index contributed by atoms with van der Waals surface area (Å²) in [6.07, 6.45) is 7.37. The second-order valence-corrected chi connectivity index (χ2v) is 5.80. The third-order valence-electron chi connectivity index (χ3n) is 4.12. The van der Waals surface area contributed by atoms with E-state index in [9.17, 15) is 5.11 Å². The second kappa shape index (κ2) is 8.70. The number of aromatic hydroxyl groups is 1. The summed E-state index contributed by atoms with van der Waals surface area (Å²) in [5.41, 5.74) is 4.69. The number of hydrogen-bond acceptors (Lipinski definition) is 3. The summed E-state index contributed by atoms with van der Waals surface area (Å²) in [5, 5.41) is 9.36. The molecule has 1 aliphatic heterocycles. The fourth-order valence-corrected chi connectivity index (χ4v) is 2.82. The molecule has 0 spiro atoms. The van der Waals surface area contributed by atoms with E-state index in [1.807, 2.05) is 12.1 Å². The molecule has 1 unspecified atom stereocenters. The van der Waals surface area contributed by atoms with Crippen molar-refractivity contribution in [3.8, 4) is 5.75 Å². The third kappa shape index (κ3) is 5.08. The molecule has 0 aliphatic carbocycles. The van der Waals surface area contributed by atoms with Gasteiger partial charge in [-0.3, -0.25) is 0 Å². The summed E-state index contributed by atoms with van der Waals surface area (Å²) < 4.78 is 11.0. The Morgan fingerprint density at radius 1 is 1.39 bits per heavy atom. The molecule has 1 heterocycles. The van der Waals surface area contributed by atoms with Gasteiger partial charge in [0.2, 0.25) is 0 Å². The topological polar surface area (TPSA) is 38.7 Å².